The fraction of sp³-hybridized carbons (Fsp3) is 0.154. The molecular weight excluding hydrogens is 360 g/mol. The molecule has 0 amide bonds. The molecule has 6 nitrogen and oxygen atoms in total. The first-order valence-corrected chi connectivity index (χ1v) is 8.33. The molecule has 21 heavy (non-hydrogen) atoms. The van der Waals surface area contributed by atoms with Crippen LogP contribution < -0.4 is 4.72 Å². The number of carboxylic acids is 1. The van der Waals surface area contributed by atoms with Crippen LogP contribution in [-0.2, 0) is 16.6 Å². The Morgan fingerprint density at radius 1 is 1.38 bits per heavy atom. The molecule has 1 heterocycles. The Balaban J connectivity index is 2.41. The summed E-state index contributed by atoms with van der Waals surface area (Å²) in [6, 6.07) is 7.92. The van der Waals surface area contributed by atoms with Crippen LogP contribution in [0.4, 0.5) is 5.69 Å². The smallest absolute Gasteiger partial charge is 0.352 e. The van der Waals surface area contributed by atoms with Gasteiger partial charge in [-0.3, -0.25) is 4.72 Å². The van der Waals surface area contributed by atoms with Crippen molar-refractivity contribution >= 4 is 37.6 Å². The van der Waals surface area contributed by atoms with Gasteiger partial charge in [-0.05, 0) is 41.1 Å². The third-order valence-corrected chi connectivity index (χ3v) is 4.88. The molecule has 2 N–H and O–H groups in total. The third kappa shape index (κ3) is 3.27. The Kier molecular flexibility index (Phi) is 4.38. The molecule has 0 saturated carbocycles. The van der Waals surface area contributed by atoms with Gasteiger partial charge in [0.05, 0.1) is 5.69 Å². The van der Waals surface area contributed by atoms with E-state index in [9.17, 15) is 13.2 Å². The molecule has 112 valence electrons. The zero-order valence-corrected chi connectivity index (χ0v) is 13.5. The lowest BCUT2D eigenvalue weighted by Gasteiger charge is -2.08. The number of hydrogen-bond donors (Lipinski definition) is 2. The molecule has 0 spiro atoms. The Morgan fingerprint density at radius 2 is 2.05 bits per heavy atom. The average molecular weight is 373 g/mol. The zero-order chi connectivity index (χ0) is 15.6. The van der Waals surface area contributed by atoms with Gasteiger partial charge in [0.2, 0.25) is 0 Å². The molecule has 0 unspecified atom stereocenters. The normalized spacial score (nSPS) is 11.3. The number of aromatic nitrogens is 1. The van der Waals surface area contributed by atoms with E-state index in [1.807, 2.05) is 0 Å². The number of rotatable bonds is 5. The van der Waals surface area contributed by atoms with Crippen molar-refractivity contribution < 1.29 is 18.3 Å². The van der Waals surface area contributed by atoms with Gasteiger partial charge >= 0.3 is 5.97 Å². The number of carbonyl (C=O) groups is 1. The number of aromatic carboxylic acids is 1. The Bertz CT molecular complexity index is 783. The number of hydrogen-bond acceptors (Lipinski definition) is 3. The number of nitrogens with zero attached hydrogens (tertiary/aromatic N) is 1. The maximum Gasteiger partial charge on any atom is 0.352 e. The summed E-state index contributed by atoms with van der Waals surface area (Å²) in [5.41, 5.74) is 0.323. The van der Waals surface area contributed by atoms with E-state index >= 15 is 0 Å². The summed E-state index contributed by atoms with van der Waals surface area (Å²) in [6.07, 6.45) is 1.31. The van der Waals surface area contributed by atoms with Crippen LogP contribution in [0.15, 0.2) is 45.9 Å². The molecule has 0 saturated heterocycles. The molecule has 0 atom stereocenters. The molecule has 1 aromatic carbocycles. The van der Waals surface area contributed by atoms with Crippen molar-refractivity contribution in [3.63, 3.8) is 0 Å². The number of aryl methyl sites for hydroxylation is 1. The van der Waals surface area contributed by atoms with Crippen LogP contribution in [0.5, 0.6) is 0 Å². The standard InChI is InChI=1S/C13H13BrN2O4S/c1-2-16-8-9(7-12(16)13(17)18)21(19,20)15-11-6-4-3-5-10(11)14/h3-8,15H,2H2,1H3,(H,17,18). The number of sulfonamides is 1. The molecule has 0 fully saturated rings. The van der Waals surface area contributed by atoms with Crippen molar-refractivity contribution in [3.8, 4) is 0 Å². The Morgan fingerprint density at radius 3 is 2.57 bits per heavy atom. The molecule has 2 rings (SSSR count). The van der Waals surface area contributed by atoms with Crippen LogP contribution in [0.1, 0.15) is 17.4 Å². The van der Waals surface area contributed by atoms with Crippen LogP contribution in [0.25, 0.3) is 0 Å². The van der Waals surface area contributed by atoms with E-state index in [-0.39, 0.29) is 10.6 Å². The highest BCUT2D eigenvalue weighted by atomic mass is 79.9. The summed E-state index contributed by atoms with van der Waals surface area (Å²) >= 11 is 3.25. The quantitative estimate of drug-likeness (QED) is 0.844. The van der Waals surface area contributed by atoms with Gasteiger partial charge in [0.15, 0.2) is 0 Å². The van der Waals surface area contributed by atoms with Crippen molar-refractivity contribution in [2.45, 2.75) is 18.4 Å². The van der Waals surface area contributed by atoms with E-state index in [0.717, 1.165) is 6.07 Å². The monoisotopic (exact) mass is 372 g/mol. The summed E-state index contributed by atoms with van der Waals surface area (Å²) < 4.78 is 29.0. The summed E-state index contributed by atoms with van der Waals surface area (Å²) in [7, 11) is -3.85. The molecule has 0 aliphatic heterocycles. The minimum absolute atomic E-state index is 0.0648. The minimum atomic E-state index is -3.85. The lowest BCUT2D eigenvalue weighted by Crippen LogP contribution is -2.12. The number of halogens is 1. The second-order valence-electron chi connectivity index (χ2n) is 4.24. The first-order chi connectivity index (χ1) is 9.85. The summed E-state index contributed by atoms with van der Waals surface area (Å²) in [4.78, 5) is 11.0. The SMILES string of the molecule is CCn1cc(S(=O)(=O)Nc2ccccc2Br)cc1C(=O)O. The topological polar surface area (TPSA) is 88.4 Å². The summed E-state index contributed by atoms with van der Waals surface area (Å²) in [5, 5.41) is 9.07. The molecule has 0 aliphatic rings. The molecule has 1 aromatic heterocycles. The number of carboxylic acid groups (broad SMARTS) is 1. The number of nitrogens with one attached hydrogen (secondary N) is 1. The number of anilines is 1. The molecule has 0 bridgehead atoms. The molecule has 2 aromatic rings. The van der Waals surface area contributed by atoms with Gasteiger partial charge in [-0.25, -0.2) is 13.2 Å². The lowest BCUT2D eigenvalue weighted by molar-refractivity contribution is 0.0685. The minimum Gasteiger partial charge on any atom is -0.477 e. The van der Waals surface area contributed by atoms with E-state index in [1.165, 1.54) is 10.8 Å². The molecular formula is C13H13BrN2O4S. The van der Waals surface area contributed by atoms with Crippen LogP contribution >= 0.6 is 15.9 Å². The maximum absolute atomic E-state index is 12.3. The predicted octanol–water partition coefficient (Wildman–Crippen LogP) is 2.77. The van der Waals surface area contributed by atoms with Gasteiger partial charge < -0.3 is 9.67 Å². The van der Waals surface area contributed by atoms with Crippen molar-refractivity contribution in [2.75, 3.05) is 4.72 Å². The Labute approximate surface area is 130 Å². The molecule has 0 aliphatic carbocycles. The van der Waals surface area contributed by atoms with Gasteiger partial charge in [0.1, 0.15) is 10.6 Å². The maximum atomic E-state index is 12.3. The van der Waals surface area contributed by atoms with Crippen molar-refractivity contribution in [2.24, 2.45) is 0 Å². The van der Waals surface area contributed by atoms with Gasteiger partial charge in [0.25, 0.3) is 10.0 Å². The summed E-state index contributed by atoms with van der Waals surface area (Å²) in [5.74, 6) is -1.17. The largest absolute Gasteiger partial charge is 0.477 e. The predicted molar refractivity (Wildman–Crippen MR) is 82.0 cm³/mol. The van der Waals surface area contributed by atoms with Crippen LogP contribution in [0.3, 0.4) is 0 Å². The lowest BCUT2D eigenvalue weighted by atomic mass is 10.3. The van der Waals surface area contributed by atoms with Crippen molar-refractivity contribution in [1.29, 1.82) is 0 Å². The fourth-order valence-electron chi connectivity index (χ4n) is 1.82. The number of benzene rings is 1. The van der Waals surface area contributed by atoms with E-state index in [0.29, 0.717) is 16.7 Å². The fourth-order valence-corrected chi connectivity index (χ4v) is 3.45. The van der Waals surface area contributed by atoms with Crippen molar-refractivity contribution in [3.05, 3.63) is 46.7 Å². The first kappa shape index (κ1) is 15.6. The van der Waals surface area contributed by atoms with E-state index < -0.39 is 16.0 Å². The third-order valence-electron chi connectivity index (χ3n) is 2.86. The van der Waals surface area contributed by atoms with Gasteiger partial charge in [-0.1, -0.05) is 12.1 Å². The van der Waals surface area contributed by atoms with E-state index in [2.05, 4.69) is 20.7 Å². The van der Waals surface area contributed by atoms with Gasteiger partial charge in [-0.2, -0.15) is 0 Å². The van der Waals surface area contributed by atoms with Crippen LogP contribution in [-0.4, -0.2) is 24.1 Å². The highest BCUT2D eigenvalue weighted by molar-refractivity contribution is 9.10. The van der Waals surface area contributed by atoms with Crippen molar-refractivity contribution in [1.82, 2.24) is 4.57 Å². The molecule has 8 heteroatoms. The average Bonchev–Trinajstić information content (AvgIpc) is 2.86. The second kappa shape index (κ2) is 5.90. The van der Waals surface area contributed by atoms with Gasteiger partial charge in [-0.15, -0.1) is 0 Å². The number of para-hydroxylation sites is 1. The zero-order valence-electron chi connectivity index (χ0n) is 11.1. The van der Waals surface area contributed by atoms with Crippen LogP contribution in [0.2, 0.25) is 0 Å². The second-order valence-corrected chi connectivity index (χ2v) is 6.77. The first-order valence-electron chi connectivity index (χ1n) is 6.06. The Hall–Kier alpha value is -1.80. The van der Waals surface area contributed by atoms with Gasteiger partial charge in [0, 0.05) is 17.2 Å². The summed E-state index contributed by atoms with van der Waals surface area (Å²) in [6.45, 7) is 2.11. The molecule has 0 radical (unpaired) electrons. The van der Waals surface area contributed by atoms with Crippen LogP contribution in [0, 0.1) is 0 Å². The van der Waals surface area contributed by atoms with E-state index in [4.69, 9.17) is 5.11 Å². The highest BCUT2D eigenvalue weighted by Crippen LogP contribution is 2.25. The van der Waals surface area contributed by atoms with E-state index in [1.54, 1.807) is 31.2 Å². The highest BCUT2D eigenvalue weighted by Gasteiger charge is 2.21.